The molecule has 1 aromatic heterocycles. The van der Waals surface area contributed by atoms with E-state index < -0.39 is 16.8 Å². The van der Waals surface area contributed by atoms with Gasteiger partial charge in [-0.3, -0.25) is 0 Å². The second kappa shape index (κ2) is 15.4. The Bertz CT molecular complexity index is 1180. The van der Waals surface area contributed by atoms with E-state index in [0.717, 1.165) is 11.3 Å². The van der Waals surface area contributed by atoms with E-state index in [0.29, 0.717) is 24.3 Å². The largest absolute Gasteiger partial charge is 0.480 e. The van der Waals surface area contributed by atoms with E-state index in [-0.39, 0.29) is 48.1 Å². The zero-order valence-electron chi connectivity index (χ0n) is 21.6. The number of carbonyl (C=O) groups is 1. The van der Waals surface area contributed by atoms with Gasteiger partial charge in [0.25, 0.3) is 0 Å². The maximum atomic E-state index is 13.1. The van der Waals surface area contributed by atoms with Gasteiger partial charge in [0.1, 0.15) is 6.07 Å². The number of ether oxygens (including phenoxy) is 6. The summed E-state index contributed by atoms with van der Waals surface area (Å²) in [6.45, 7) is 0.687. The van der Waals surface area contributed by atoms with Crippen molar-refractivity contribution < 1.29 is 38.3 Å². The van der Waals surface area contributed by atoms with E-state index >= 15 is 0 Å². The van der Waals surface area contributed by atoms with Gasteiger partial charge >= 0.3 is 5.97 Å². The van der Waals surface area contributed by atoms with Crippen molar-refractivity contribution in [3.63, 3.8) is 0 Å². The number of halogens is 1. The summed E-state index contributed by atoms with van der Waals surface area (Å²) in [6.07, 6.45) is 0. The molecule has 2 aromatic carbocycles. The molecule has 1 atom stereocenters. The summed E-state index contributed by atoms with van der Waals surface area (Å²) in [5, 5.41) is 20.6. The molecule has 9 nitrogen and oxygen atoms in total. The van der Waals surface area contributed by atoms with Crippen LogP contribution in [0.1, 0.15) is 26.8 Å². The molecule has 39 heavy (non-hydrogen) atoms. The maximum Gasteiger partial charge on any atom is 0.331 e. The number of thiophene rings is 1. The molecule has 0 radical (unpaired) electrons. The lowest BCUT2D eigenvalue weighted by Crippen LogP contribution is -2.37. The van der Waals surface area contributed by atoms with Crippen LogP contribution in [0.4, 0.5) is 0 Å². The van der Waals surface area contributed by atoms with Crippen LogP contribution in [0, 0.1) is 11.3 Å². The number of nitrogens with zero attached hydrogens (tertiary/aromatic N) is 1. The van der Waals surface area contributed by atoms with E-state index in [2.05, 4.69) is 6.07 Å². The molecular weight excluding hydrogens is 546 g/mol. The van der Waals surface area contributed by atoms with Gasteiger partial charge in [0.05, 0.1) is 31.3 Å². The molecule has 0 aliphatic heterocycles. The van der Waals surface area contributed by atoms with E-state index in [1.54, 1.807) is 7.11 Å². The molecule has 1 heterocycles. The molecule has 0 spiro atoms. The highest BCUT2D eigenvalue weighted by Crippen LogP contribution is 2.56. The summed E-state index contributed by atoms with van der Waals surface area (Å²) < 4.78 is 32.6. The Morgan fingerprint density at radius 3 is 1.82 bits per heavy atom. The summed E-state index contributed by atoms with van der Waals surface area (Å²) in [6, 6.07) is 20.2. The fraction of sp³-hybridized carbons (Fsp3) is 0.357. The quantitative estimate of drug-likeness (QED) is 0.135. The van der Waals surface area contributed by atoms with Crippen LogP contribution in [0.25, 0.3) is 0 Å². The van der Waals surface area contributed by atoms with E-state index in [4.69, 9.17) is 40.0 Å². The highest BCUT2D eigenvalue weighted by molar-refractivity contribution is 7.14. The second-order valence-electron chi connectivity index (χ2n) is 8.13. The Hall–Kier alpha value is -3.17. The van der Waals surface area contributed by atoms with Gasteiger partial charge in [-0.2, -0.15) is 5.26 Å². The van der Waals surface area contributed by atoms with Crippen LogP contribution in [-0.2, 0) is 28.6 Å². The minimum atomic E-state index is -2.08. The predicted octanol–water partition coefficient (Wildman–Crippen LogP) is 4.97. The summed E-state index contributed by atoms with van der Waals surface area (Å²) in [5.74, 6) is -2.15. The Kier molecular flexibility index (Phi) is 12.0. The molecule has 1 unspecified atom stereocenters. The molecule has 3 rings (SSSR count). The molecule has 208 valence electrons. The minimum absolute atomic E-state index is 0.00132. The first-order valence-electron chi connectivity index (χ1n) is 12.0. The Labute approximate surface area is 236 Å². The summed E-state index contributed by atoms with van der Waals surface area (Å²) in [4.78, 5) is 11.2. The third kappa shape index (κ3) is 7.48. The molecule has 11 heteroatoms. The van der Waals surface area contributed by atoms with Crippen molar-refractivity contribution in [2.75, 3.05) is 54.2 Å². The monoisotopic (exact) mass is 575 g/mol. The molecule has 0 fully saturated rings. The van der Waals surface area contributed by atoms with Gasteiger partial charge in [0, 0.05) is 20.1 Å². The Morgan fingerprint density at radius 1 is 0.897 bits per heavy atom. The fourth-order valence-corrected chi connectivity index (χ4v) is 5.42. The third-order valence-electron chi connectivity index (χ3n) is 5.67. The number of hydrogen-bond acceptors (Lipinski definition) is 9. The zero-order chi connectivity index (χ0) is 28.1. The van der Waals surface area contributed by atoms with Crippen molar-refractivity contribution in [3.05, 3.63) is 81.5 Å². The van der Waals surface area contributed by atoms with Gasteiger partial charge in [0.15, 0.2) is 34.8 Å². The van der Waals surface area contributed by atoms with Crippen LogP contribution in [0.5, 0.6) is 11.5 Å². The normalized spacial score (nSPS) is 12.6. The number of alkyl halides is 1. The van der Waals surface area contributed by atoms with Gasteiger partial charge in [-0.05, 0) is 11.1 Å². The lowest BCUT2D eigenvalue weighted by Gasteiger charge is -2.32. The molecule has 0 aliphatic carbocycles. The van der Waals surface area contributed by atoms with Crippen molar-refractivity contribution in [1.82, 2.24) is 0 Å². The lowest BCUT2D eigenvalue weighted by atomic mass is 9.79. The van der Waals surface area contributed by atoms with Crippen LogP contribution >= 0.6 is 22.9 Å². The standard InChI is InChI=1S/C28H30ClNO8S/c1-33-13-15-35-18-37-24-22(17-30)39-26(25(24)38-19-36-16-14-34-2)28(29,27(31)32)23(20-9-5-3-6-10-20)21-11-7-4-8-12-21/h3-12,23H,13-16,18-19H2,1-2H3,(H,31,32). The Morgan fingerprint density at radius 2 is 1.38 bits per heavy atom. The summed E-state index contributed by atoms with van der Waals surface area (Å²) in [7, 11) is 3.08. The van der Waals surface area contributed by atoms with Crippen LogP contribution in [-0.4, -0.2) is 65.3 Å². The fourth-order valence-electron chi connectivity index (χ4n) is 3.87. The minimum Gasteiger partial charge on any atom is -0.480 e. The van der Waals surface area contributed by atoms with Gasteiger partial charge in [0.2, 0.25) is 0 Å². The number of hydrogen-bond donors (Lipinski definition) is 1. The molecule has 0 saturated heterocycles. The highest BCUT2D eigenvalue weighted by atomic mass is 35.5. The number of benzene rings is 2. The van der Waals surface area contributed by atoms with Gasteiger partial charge in [-0.25, -0.2) is 4.79 Å². The first-order valence-corrected chi connectivity index (χ1v) is 13.2. The number of carboxylic acids is 1. The van der Waals surface area contributed by atoms with Crippen LogP contribution in [0.15, 0.2) is 60.7 Å². The zero-order valence-corrected chi connectivity index (χ0v) is 23.2. The van der Waals surface area contributed by atoms with Gasteiger partial charge < -0.3 is 33.5 Å². The average molecular weight is 576 g/mol. The topological polar surface area (TPSA) is 116 Å². The third-order valence-corrected chi connectivity index (χ3v) is 7.54. The van der Waals surface area contributed by atoms with Crippen LogP contribution in [0.3, 0.4) is 0 Å². The molecule has 0 bridgehead atoms. The second-order valence-corrected chi connectivity index (χ2v) is 9.74. The number of aliphatic carboxylic acids is 1. The van der Waals surface area contributed by atoms with E-state index in [1.165, 1.54) is 7.11 Å². The van der Waals surface area contributed by atoms with Gasteiger partial charge in [-0.15, -0.1) is 11.3 Å². The first kappa shape index (κ1) is 30.4. The highest BCUT2D eigenvalue weighted by Gasteiger charge is 2.52. The molecule has 1 N–H and O–H groups in total. The Balaban J connectivity index is 2.15. The number of rotatable bonds is 17. The van der Waals surface area contributed by atoms with E-state index in [9.17, 15) is 15.2 Å². The molecule has 3 aromatic rings. The van der Waals surface area contributed by atoms with Gasteiger partial charge in [-0.1, -0.05) is 72.3 Å². The van der Waals surface area contributed by atoms with Crippen molar-refractivity contribution >= 4 is 28.9 Å². The first-order chi connectivity index (χ1) is 19.0. The summed E-state index contributed by atoms with van der Waals surface area (Å²) in [5.41, 5.74) is 1.33. The van der Waals surface area contributed by atoms with Crippen LogP contribution in [0.2, 0.25) is 0 Å². The molecule has 0 amide bonds. The smallest absolute Gasteiger partial charge is 0.331 e. The van der Waals surface area contributed by atoms with E-state index in [1.807, 2.05) is 60.7 Å². The molecule has 0 saturated carbocycles. The number of nitriles is 1. The lowest BCUT2D eigenvalue weighted by molar-refractivity contribution is -0.141. The molecule has 0 aliphatic rings. The number of carboxylic acid groups (broad SMARTS) is 1. The molecular formula is C28H30ClNO8S. The summed E-state index contributed by atoms with van der Waals surface area (Å²) >= 11 is 8.10. The van der Waals surface area contributed by atoms with Crippen LogP contribution < -0.4 is 9.47 Å². The van der Waals surface area contributed by atoms with Crippen molar-refractivity contribution in [3.8, 4) is 17.6 Å². The predicted molar refractivity (Wildman–Crippen MR) is 146 cm³/mol. The number of methoxy groups -OCH3 is 2. The van der Waals surface area contributed by atoms with Crippen molar-refractivity contribution in [1.29, 1.82) is 5.26 Å². The SMILES string of the molecule is COCCOCOc1c(C#N)sc(C(Cl)(C(=O)O)C(c2ccccc2)c2ccccc2)c1OCOCCOC. The van der Waals surface area contributed by atoms with Crippen molar-refractivity contribution in [2.45, 2.75) is 10.8 Å². The maximum absolute atomic E-state index is 13.1. The average Bonchev–Trinajstić information content (AvgIpc) is 3.31. The van der Waals surface area contributed by atoms with Crippen molar-refractivity contribution in [2.24, 2.45) is 0 Å².